The summed E-state index contributed by atoms with van der Waals surface area (Å²) < 4.78 is 0. The van der Waals surface area contributed by atoms with E-state index in [2.05, 4.69) is 5.32 Å². The van der Waals surface area contributed by atoms with Gasteiger partial charge in [0.2, 0.25) is 11.8 Å². The molecule has 2 aromatic carbocycles. The van der Waals surface area contributed by atoms with Gasteiger partial charge in [0.1, 0.15) is 6.04 Å². The predicted octanol–water partition coefficient (Wildman–Crippen LogP) is 4.76. The molecule has 2 atom stereocenters. The Balaban J connectivity index is 2.14. The van der Waals surface area contributed by atoms with E-state index >= 15 is 0 Å². The van der Waals surface area contributed by atoms with Crippen LogP contribution in [-0.2, 0) is 16.1 Å². The summed E-state index contributed by atoms with van der Waals surface area (Å²) in [5.74, 6) is 0.0426. The number of nitrogens with zero attached hydrogens (tertiary/aromatic N) is 1. The maximum Gasteiger partial charge on any atom is 0.242 e. The first-order chi connectivity index (χ1) is 13.4. The maximum absolute atomic E-state index is 13.0. The molecule has 6 heteroatoms. The Labute approximate surface area is 176 Å². The van der Waals surface area contributed by atoms with E-state index in [1.807, 2.05) is 62.4 Å². The molecule has 150 valence electrons. The van der Waals surface area contributed by atoms with E-state index in [9.17, 15) is 9.59 Å². The number of thioether (sulfide) groups is 1. The summed E-state index contributed by atoms with van der Waals surface area (Å²) >= 11 is 7.56. The number of amides is 2. The minimum absolute atomic E-state index is 0.0664. The molecule has 2 amide bonds. The average Bonchev–Trinajstić information content (AvgIpc) is 2.70. The lowest BCUT2D eigenvalue weighted by molar-refractivity contribution is -0.138. The quantitative estimate of drug-likeness (QED) is 0.597. The normalized spacial score (nSPS) is 12.9. The van der Waals surface area contributed by atoms with E-state index < -0.39 is 6.04 Å². The highest BCUT2D eigenvalue weighted by Gasteiger charge is 2.26. The van der Waals surface area contributed by atoms with E-state index in [4.69, 9.17) is 11.6 Å². The molecule has 0 radical (unpaired) electrons. The van der Waals surface area contributed by atoms with Gasteiger partial charge in [-0.3, -0.25) is 9.59 Å². The monoisotopic (exact) mass is 418 g/mol. The van der Waals surface area contributed by atoms with Gasteiger partial charge in [-0.05, 0) is 50.1 Å². The zero-order valence-electron chi connectivity index (χ0n) is 16.5. The van der Waals surface area contributed by atoms with Gasteiger partial charge in [-0.15, -0.1) is 11.8 Å². The predicted molar refractivity (Wildman–Crippen MR) is 117 cm³/mol. The number of hydrogen-bond donors (Lipinski definition) is 1. The Morgan fingerprint density at radius 3 is 2.46 bits per heavy atom. The molecule has 0 spiro atoms. The summed E-state index contributed by atoms with van der Waals surface area (Å²) in [7, 11) is 0. The Hall–Kier alpha value is -1.98. The topological polar surface area (TPSA) is 49.4 Å². The van der Waals surface area contributed by atoms with Gasteiger partial charge in [0.25, 0.3) is 0 Å². The molecule has 28 heavy (non-hydrogen) atoms. The van der Waals surface area contributed by atoms with Crippen LogP contribution in [-0.4, -0.2) is 34.6 Å². The van der Waals surface area contributed by atoms with Crippen molar-refractivity contribution in [2.24, 2.45) is 0 Å². The Bertz CT molecular complexity index is 785. The van der Waals surface area contributed by atoms with Crippen molar-refractivity contribution in [2.45, 2.75) is 50.7 Å². The summed E-state index contributed by atoms with van der Waals surface area (Å²) in [6.45, 7) is 6.08. The number of hydrogen-bond acceptors (Lipinski definition) is 3. The van der Waals surface area contributed by atoms with Crippen molar-refractivity contribution < 1.29 is 9.59 Å². The van der Waals surface area contributed by atoms with Crippen LogP contribution in [0.1, 0.15) is 32.8 Å². The third-order valence-electron chi connectivity index (χ3n) is 4.52. The van der Waals surface area contributed by atoms with Crippen molar-refractivity contribution in [1.82, 2.24) is 10.2 Å². The second-order valence-corrected chi connectivity index (χ2v) is 8.23. The van der Waals surface area contributed by atoms with Crippen molar-refractivity contribution in [3.63, 3.8) is 0 Å². The van der Waals surface area contributed by atoms with Gasteiger partial charge in [-0.1, -0.05) is 48.9 Å². The maximum atomic E-state index is 13.0. The minimum Gasteiger partial charge on any atom is -0.352 e. The van der Waals surface area contributed by atoms with E-state index in [1.165, 1.54) is 11.8 Å². The lowest BCUT2D eigenvalue weighted by Gasteiger charge is -2.29. The van der Waals surface area contributed by atoms with Crippen LogP contribution in [0, 0.1) is 0 Å². The Kier molecular flexibility index (Phi) is 8.87. The van der Waals surface area contributed by atoms with Crippen LogP contribution in [0.4, 0.5) is 0 Å². The summed E-state index contributed by atoms with van der Waals surface area (Å²) in [4.78, 5) is 28.3. The molecule has 0 saturated heterocycles. The number of rotatable bonds is 9. The molecule has 2 aromatic rings. The molecular formula is C22H27ClN2O2S. The highest BCUT2D eigenvalue weighted by molar-refractivity contribution is 8.00. The Morgan fingerprint density at radius 1 is 1.11 bits per heavy atom. The van der Waals surface area contributed by atoms with E-state index in [1.54, 1.807) is 17.9 Å². The van der Waals surface area contributed by atoms with Crippen molar-refractivity contribution in [1.29, 1.82) is 0 Å². The lowest BCUT2D eigenvalue weighted by atomic mass is 10.1. The molecule has 0 aromatic heterocycles. The van der Waals surface area contributed by atoms with Gasteiger partial charge >= 0.3 is 0 Å². The van der Waals surface area contributed by atoms with Gasteiger partial charge < -0.3 is 10.2 Å². The van der Waals surface area contributed by atoms with Gasteiger partial charge in [-0.25, -0.2) is 0 Å². The standard InChI is InChI=1S/C22H27ClN2O2S/c1-4-16(2)24-22(27)17(3)25(14-18-9-8-10-19(23)13-18)21(26)15-28-20-11-6-5-7-12-20/h5-13,16-17H,4,14-15H2,1-3H3,(H,24,27)/t16-,17+/m0/s1. The van der Waals surface area contributed by atoms with Gasteiger partial charge in [-0.2, -0.15) is 0 Å². The van der Waals surface area contributed by atoms with Crippen molar-refractivity contribution in [2.75, 3.05) is 5.75 Å². The molecule has 0 aliphatic heterocycles. The van der Waals surface area contributed by atoms with Crippen molar-refractivity contribution >= 4 is 35.2 Å². The van der Waals surface area contributed by atoms with Crippen molar-refractivity contribution in [3.8, 4) is 0 Å². The Morgan fingerprint density at radius 2 is 1.82 bits per heavy atom. The fraction of sp³-hybridized carbons (Fsp3) is 0.364. The van der Waals surface area contributed by atoms with Gasteiger partial charge in [0, 0.05) is 22.5 Å². The first-order valence-electron chi connectivity index (χ1n) is 9.42. The van der Waals surface area contributed by atoms with E-state index in [-0.39, 0.29) is 23.6 Å². The highest BCUT2D eigenvalue weighted by atomic mass is 35.5. The van der Waals surface area contributed by atoms with Crippen LogP contribution >= 0.6 is 23.4 Å². The van der Waals surface area contributed by atoms with Crippen LogP contribution in [0.2, 0.25) is 5.02 Å². The number of benzene rings is 2. The fourth-order valence-corrected chi connectivity index (χ4v) is 3.64. The van der Waals surface area contributed by atoms with Gasteiger partial charge in [0.05, 0.1) is 5.75 Å². The SMILES string of the molecule is CC[C@H](C)NC(=O)[C@@H](C)N(Cc1cccc(Cl)c1)C(=O)CSc1ccccc1. The van der Waals surface area contributed by atoms with E-state index in [0.717, 1.165) is 16.9 Å². The summed E-state index contributed by atoms with van der Waals surface area (Å²) in [6, 6.07) is 16.6. The molecule has 0 saturated carbocycles. The average molecular weight is 419 g/mol. The molecule has 0 aliphatic carbocycles. The zero-order valence-corrected chi connectivity index (χ0v) is 18.1. The molecule has 0 heterocycles. The van der Waals surface area contributed by atoms with E-state index in [0.29, 0.717) is 11.6 Å². The third kappa shape index (κ3) is 6.88. The minimum atomic E-state index is -0.572. The summed E-state index contributed by atoms with van der Waals surface area (Å²) in [5, 5.41) is 3.58. The lowest BCUT2D eigenvalue weighted by Crippen LogP contribution is -2.50. The molecule has 1 N–H and O–H groups in total. The van der Waals surface area contributed by atoms with Crippen LogP contribution < -0.4 is 5.32 Å². The molecule has 0 unspecified atom stereocenters. The molecule has 0 bridgehead atoms. The first-order valence-corrected chi connectivity index (χ1v) is 10.8. The summed E-state index contributed by atoms with van der Waals surface area (Å²) in [6.07, 6.45) is 0.838. The third-order valence-corrected chi connectivity index (χ3v) is 5.75. The molecule has 0 aliphatic rings. The fourth-order valence-electron chi connectivity index (χ4n) is 2.62. The summed E-state index contributed by atoms with van der Waals surface area (Å²) in [5.41, 5.74) is 0.897. The first kappa shape index (κ1) is 22.3. The van der Waals surface area contributed by atoms with Crippen LogP contribution in [0.5, 0.6) is 0 Å². The van der Waals surface area contributed by atoms with Gasteiger partial charge in [0.15, 0.2) is 0 Å². The zero-order chi connectivity index (χ0) is 20.5. The number of carbonyl (C=O) groups excluding carboxylic acids is 2. The molecule has 2 rings (SSSR count). The largest absolute Gasteiger partial charge is 0.352 e. The van der Waals surface area contributed by atoms with Crippen LogP contribution in [0.3, 0.4) is 0 Å². The molecule has 0 fully saturated rings. The molecule has 4 nitrogen and oxygen atoms in total. The second kappa shape index (κ2) is 11.1. The number of carbonyl (C=O) groups is 2. The van der Waals surface area contributed by atoms with Crippen LogP contribution in [0.15, 0.2) is 59.5 Å². The molecular weight excluding hydrogens is 392 g/mol. The highest BCUT2D eigenvalue weighted by Crippen LogP contribution is 2.20. The smallest absolute Gasteiger partial charge is 0.242 e. The van der Waals surface area contributed by atoms with Crippen molar-refractivity contribution in [3.05, 3.63) is 65.2 Å². The number of halogens is 1. The second-order valence-electron chi connectivity index (χ2n) is 6.75. The number of nitrogens with one attached hydrogen (secondary N) is 1. The van der Waals surface area contributed by atoms with Crippen LogP contribution in [0.25, 0.3) is 0 Å².